The highest BCUT2D eigenvalue weighted by atomic mass is 19.2. The monoisotopic (exact) mass is 640 g/mol. The third kappa shape index (κ3) is 5.48. The smallest absolute Gasteiger partial charge is 0.200 e. The molecule has 3 aromatic carbocycles. The van der Waals surface area contributed by atoms with Crippen molar-refractivity contribution in [2.45, 2.75) is 19.4 Å². The Bertz CT molecular complexity index is 1880. The first-order chi connectivity index (χ1) is 21.1. The quantitative estimate of drug-likeness (QED) is 0.0970. The Balaban J connectivity index is 1.65. The molecule has 5 aromatic rings. The lowest BCUT2D eigenvalue weighted by atomic mass is 10.0. The van der Waals surface area contributed by atoms with Gasteiger partial charge in [-0.3, -0.25) is 0 Å². The molecule has 0 saturated heterocycles. The summed E-state index contributed by atoms with van der Waals surface area (Å²) in [7, 11) is 1.39. The molecule has 0 fully saturated rings. The van der Waals surface area contributed by atoms with Gasteiger partial charge in [-0.2, -0.15) is 0 Å². The number of aromatic nitrogens is 6. The molecule has 0 unspecified atom stereocenters. The van der Waals surface area contributed by atoms with Gasteiger partial charge in [-0.15, -0.1) is 10.2 Å². The molecular formula is C28H14F10N6O. The van der Waals surface area contributed by atoms with Crippen molar-refractivity contribution in [1.29, 1.82) is 0 Å². The van der Waals surface area contributed by atoms with Crippen LogP contribution in [-0.2, 0) is 4.74 Å². The highest BCUT2D eigenvalue weighted by molar-refractivity contribution is 5.72. The van der Waals surface area contributed by atoms with Crippen LogP contribution in [0.3, 0.4) is 0 Å². The van der Waals surface area contributed by atoms with Crippen molar-refractivity contribution in [2.75, 3.05) is 7.11 Å². The predicted octanol–water partition coefficient (Wildman–Crippen LogP) is 6.35. The van der Waals surface area contributed by atoms with Crippen LogP contribution < -0.4 is 0 Å². The van der Waals surface area contributed by atoms with Crippen molar-refractivity contribution < 1.29 is 48.6 Å². The van der Waals surface area contributed by atoms with Gasteiger partial charge in [0.1, 0.15) is 28.4 Å². The van der Waals surface area contributed by atoms with Gasteiger partial charge >= 0.3 is 0 Å². The molecule has 2 heterocycles. The number of ether oxygens (including phenoxy) is 1. The molecular weight excluding hydrogens is 626 g/mol. The average Bonchev–Trinajstić information content (AvgIpc) is 3.71. The normalized spacial score (nSPS) is 11.6. The zero-order chi connectivity index (χ0) is 33.0. The van der Waals surface area contributed by atoms with Gasteiger partial charge in [0.05, 0.1) is 12.4 Å². The molecule has 45 heavy (non-hydrogen) atoms. The first kappa shape index (κ1) is 31.2. The number of benzene rings is 3. The molecule has 0 aliphatic carbocycles. The third-order valence-electron chi connectivity index (χ3n) is 6.36. The molecule has 0 saturated carbocycles. The standard InChI is InChI=1S/C28H14F10N6O/c1-28(2,45-3)5-4-11-6-12(14-9-43(41-39-14)26-22(35)18(31)16(29)19(32)23(26)36)8-13(7-11)15-10-44(42-40-15)27-24(37)20(33)17(30)21(34)25(27)38/h6-10H,1-3H3. The van der Waals surface area contributed by atoms with E-state index in [0.717, 1.165) is 12.4 Å². The summed E-state index contributed by atoms with van der Waals surface area (Å²) >= 11 is 0. The lowest BCUT2D eigenvalue weighted by molar-refractivity contribution is 0.0741. The number of halogens is 10. The summed E-state index contributed by atoms with van der Waals surface area (Å²) in [4.78, 5) is 0. The van der Waals surface area contributed by atoms with Crippen LogP contribution in [0.1, 0.15) is 19.4 Å². The Kier molecular flexibility index (Phi) is 7.87. The van der Waals surface area contributed by atoms with Crippen molar-refractivity contribution in [3.63, 3.8) is 0 Å². The molecule has 0 bridgehead atoms. The first-order valence-electron chi connectivity index (χ1n) is 12.3. The van der Waals surface area contributed by atoms with E-state index in [1.54, 1.807) is 13.8 Å². The fourth-order valence-corrected chi connectivity index (χ4v) is 3.87. The van der Waals surface area contributed by atoms with Crippen LogP contribution in [0.25, 0.3) is 33.9 Å². The number of hydrogen-bond donors (Lipinski definition) is 0. The van der Waals surface area contributed by atoms with E-state index in [1.807, 2.05) is 0 Å². The lowest BCUT2D eigenvalue weighted by Crippen LogP contribution is -2.19. The van der Waals surface area contributed by atoms with E-state index >= 15 is 0 Å². The third-order valence-corrected chi connectivity index (χ3v) is 6.36. The molecule has 5 rings (SSSR count). The fraction of sp³-hybridized carbons (Fsp3) is 0.143. The van der Waals surface area contributed by atoms with Crippen LogP contribution in [0.15, 0.2) is 30.6 Å². The summed E-state index contributed by atoms with van der Waals surface area (Å²) in [5.74, 6) is -16.6. The minimum absolute atomic E-state index is 0.0768. The second kappa shape index (κ2) is 11.4. The first-order valence-corrected chi connectivity index (χ1v) is 12.3. The zero-order valence-corrected chi connectivity index (χ0v) is 22.8. The van der Waals surface area contributed by atoms with E-state index in [-0.39, 0.29) is 28.1 Å². The van der Waals surface area contributed by atoms with Gasteiger partial charge in [0.2, 0.25) is 11.6 Å². The zero-order valence-electron chi connectivity index (χ0n) is 22.8. The van der Waals surface area contributed by atoms with E-state index < -0.39 is 75.1 Å². The highest BCUT2D eigenvalue weighted by Crippen LogP contribution is 2.31. The van der Waals surface area contributed by atoms with Crippen LogP contribution in [0.4, 0.5) is 43.9 Å². The SMILES string of the molecule is COC(C)(C)C#Cc1cc(-c2cn(-c3c(F)c(F)c(F)c(F)c3F)nn2)cc(-c2cn(-c3c(F)c(F)c(F)c(F)c3F)nn2)c1. The van der Waals surface area contributed by atoms with E-state index in [1.165, 1.54) is 25.3 Å². The van der Waals surface area contributed by atoms with Gasteiger partial charge < -0.3 is 4.74 Å². The minimum atomic E-state index is -2.37. The summed E-state index contributed by atoms with van der Waals surface area (Å²) in [5.41, 5.74) is -3.78. The van der Waals surface area contributed by atoms with Gasteiger partial charge in [-0.05, 0) is 32.0 Å². The molecule has 0 N–H and O–H groups in total. The summed E-state index contributed by atoms with van der Waals surface area (Å²) in [6.07, 6.45) is 1.69. The molecule has 0 atom stereocenters. The minimum Gasteiger partial charge on any atom is -0.366 e. The second-order valence-corrected chi connectivity index (χ2v) is 9.70. The van der Waals surface area contributed by atoms with Crippen LogP contribution in [0.2, 0.25) is 0 Å². The van der Waals surface area contributed by atoms with Crippen LogP contribution in [0.5, 0.6) is 0 Å². The average molecular weight is 640 g/mol. The number of methoxy groups -OCH3 is 1. The number of nitrogens with zero attached hydrogens (tertiary/aromatic N) is 6. The van der Waals surface area contributed by atoms with Crippen LogP contribution in [0, 0.1) is 70.0 Å². The molecule has 7 nitrogen and oxygen atoms in total. The number of hydrogen-bond acceptors (Lipinski definition) is 5. The maximum Gasteiger partial charge on any atom is 0.200 e. The van der Waals surface area contributed by atoms with Crippen LogP contribution >= 0.6 is 0 Å². The van der Waals surface area contributed by atoms with Gasteiger partial charge in [0.15, 0.2) is 46.5 Å². The topological polar surface area (TPSA) is 70.7 Å². The summed E-state index contributed by atoms with van der Waals surface area (Å²) in [6.45, 7) is 3.27. The fourth-order valence-electron chi connectivity index (χ4n) is 3.87. The molecule has 17 heteroatoms. The molecule has 0 radical (unpaired) electrons. The van der Waals surface area contributed by atoms with E-state index in [0.29, 0.717) is 9.36 Å². The number of rotatable bonds is 5. The second-order valence-electron chi connectivity index (χ2n) is 9.70. The molecule has 0 amide bonds. The Labute approximate surface area is 245 Å². The molecule has 232 valence electrons. The predicted molar refractivity (Wildman–Crippen MR) is 135 cm³/mol. The van der Waals surface area contributed by atoms with Crippen molar-refractivity contribution in [3.05, 3.63) is 94.3 Å². The van der Waals surface area contributed by atoms with Gasteiger partial charge in [-0.25, -0.2) is 53.3 Å². The van der Waals surface area contributed by atoms with E-state index in [4.69, 9.17) is 4.74 Å². The van der Waals surface area contributed by atoms with E-state index in [2.05, 4.69) is 32.5 Å². The molecule has 2 aromatic heterocycles. The van der Waals surface area contributed by atoms with Gasteiger partial charge in [0.25, 0.3) is 0 Å². The van der Waals surface area contributed by atoms with E-state index in [9.17, 15) is 43.9 Å². The van der Waals surface area contributed by atoms with Crippen molar-refractivity contribution in [1.82, 2.24) is 30.0 Å². The Morgan fingerprint density at radius 3 is 1.29 bits per heavy atom. The largest absolute Gasteiger partial charge is 0.366 e. The Morgan fingerprint density at radius 1 is 0.578 bits per heavy atom. The highest BCUT2D eigenvalue weighted by Gasteiger charge is 2.29. The summed E-state index contributed by atoms with van der Waals surface area (Å²) in [5, 5.41) is 14.4. The maximum absolute atomic E-state index is 14.4. The lowest BCUT2D eigenvalue weighted by Gasteiger charge is -2.14. The van der Waals surface area contributed by atoms with Gasteiger partial charge in [0, 0.05) is 23.8 Å². The van der Waals surface area contributed by atoms with Crippen LogP contribution in [-0.4, -0.2) is 42.7 Å². The molecule has 0 aliphatic rings. The van der Waals surface area contributed by atoms with Crippen molar-refractivity contribution in [3.8, 4) is 45.7 Å². The Hall–Kier alpha value is -5.24. The molecule has 0 aliphatic heterocycles. The Morgan fingerprint density at radius 2 is 0.933 bits per heavy atom. The summed E-state index contributed by atoms with van der Waals surface area (Å²) < 4.78 is 146. The maximum atomic E-state index is 14.4. The van der Waals surface area contributed by atoms with Crippen molar-refractivity contribution >= 4 is 0 Å². The molecule has 0 spiro atoms. The van der Waals surface area contributed by atoms with Gasteiger partial charge in [-0.1, -0.05) is 22.3 Å². The summed E-state index contributed by atoms with van der Waals surface area (Å²) in [6, 6.07) is 4.08. The van der Waals surface area contributed by atoms with Crippen molar-refractivity contribution in [2.24, 2.45) is 0 Å².